The van der Waals surface area contributed by atoms with Gasteiger partial charge in [0.15, 0.2) is 0 Å². The summed E-state index contributed by atoms with van der Waals surface area (Å²) in [6.07, 6.45) is 0. The number of rotatable bonds is 2. The first-order valence-electron chi connectivity index (χ1n) is 6.28. The molecule has 0 amide bonds. The van der Waals surface area contributed by atoms with E-state index < -0.39 is 0 Å². The highest BCUT2D eigenvalue weighted by molar-refractivity contribution is 7.12. The largest absolute Gasteiger partial charge is 0.351 e. The Morgan fingerprint density at radius 2 is 1.89 bits per heavy atom. The molecular weight excluding hydrogens is 258 g/mol. The maximum absolute atomic E-state index is 11.9. The molecule has 0 N–H and O–H groups in total. The SMILES string of the molecule is Cc1nc(C)n(Cc2ccc(C(C)(C)C)s2)c(=O)n1. The lowest BCUT2D eigenvalue weighted by molar-refractivity contribution is 0.604. The van der Waals surface area contributed by atoms with Crippen LogP contribution in [0.1, 0.15) is 42.2 Å². The van der Waals surface area contributed by atoms with Crippen molar-refractivity contribution >= 4 is 11.3 Å². The Morgan fingerprint density at radius 3 is 2.42 bits per heavy atom. The highest BCUT2D eigenvalue weighted by Crippen LogP contribution is 2.29. The van der Waals surface area contributed by atoms with Gasteiger partial charge in [-0.25, -0.2) is 9.78 Å². The van der Waals surface area contributed by atoms with Crippen molar-refractivity contribution in [1.29, 1.82) is 0 Å². The van der Waals surface area contributed by atoms with Gasteiger partial charge < -0.3 is 0 Å². The Balaban J connectivity index is 2.32. The van der Waals surface area contributed by atoms with Crippen molar-refractivity contribution < 1.29 is 0 Å². The van der Waals surface area contributed by atoms with Gasteiger partial charge in [0, 0.05) is 9.75 Å². The fraction of sp³-hybridized carbons (Fsp3) is 0.500. The van der Waals surface area contributed by atoms with Gasteiger partial charge in [-0.1, -0.05) is 20.8 Å². The van der Waals surface area contributed by atoms with Crippen LogP contribution >= 0.6 is 11.3 Å². The van der Waals surface area contributed by atoms with Crippen molar-refractivity contribution in [2.75, 3.05) is 0 Å². The van der Waals surface area contributed by atoms with Gasteiger partial charge in [-0.15, -0.1) is 11.3 Å². The minimum atomic E-state index is -0.226. The van der Waals surface area contributed by atoms with Gasteiger partial charge in [-0.05, 0) is 31.4 Å². The second-order valence-corrected chi connectivity index (χ2v) is 6.87. The summed E-state index contributed by atoms with van der Waals surface area (Å²) < 4.78 is 1.62. The molecule has 0 saturated carbocycles. The van der Waals surface area contributed by atoms with Crippen LogP contribution in [0.25, 0.3) is 0 Å². The summed E-state index contributed by atoms with van der Waals surface area (Å²) in [6.45, 7) is 10.7. The quantitative estimate of drug-likeness (QED) is 0.848. The number of aryl methyl sites for hydroxylation is 2. The first-order chi connectivity index (χ1) is 8.77. The van der Waals surface area contributed by atoms with E-state index in [0.29, 0.717) is 18.2 Å². The third-order valence-electron chi connectivity index (χ3n) is 2.92. The van der Waals surface area contributed by atoms with Gasteiger partial charge in [-0.2, -0.15) is 4.98 Å². The van der Waals surface area contributed by atoms with Crippen LogP contribution in [0.15, 0.2) is 16.9 Å². The molecule has 2 rings (SSSR count). The molecule has 0 spiro atoms. The van der Waals surface area contributed by atoms with Crippen molar-refractivity contribution in [1.82, 2.24) is 14.5 Å². The predicted molar refractivity (Wildman–Crippen MR) is 77.9 cm³/mol. The normalized spacial score (nSPS) is 11.8. The van der Waals surface area contributed by atoms with Gasteiger partial charge in [-0.3, -0.25) is 4.57 Å². The molecule has 4 nitrogen and oxygen atoms in total. The van der Waals surface area contributed by atoms with Gasteiger partial charge in [0.2, 0.25) is 0 Å². The van der Waals surface area contributed by atoms with Crippen LogP contribution in [0.3, 0.4) is 0 Å². The van der Waals surface area contributed by atoms with Crippen molar-refractivity contribution in [3.05, 3.63) is 44.0 Å². The molecule has 2 aromatic heterocycles. The average Bonchev–Trinajstić information content (AvgIpc) is 2.71. The highest BCUT2D eigenvalue weighted by Gasteiger charge is 2.16. The molecule has 2 heterocycles. The molecule has 0 unspecified atom stereocenters. The lowest BCUT2D eigenvalue weighted by Crippen LogP contribution is -2.27. The Kier molecular flexibility index (Phi) is 3.58. The lowest BCUT2D eigenvalue weighted by Gasteiger charge is -2.15. The van der Waals surface area contributed by atoms with Gasteiger partial charge in [0.05, 0.1) is 6.54 Å². The fourth-order valence-electron chi connectivity index (χ4n) is 1.86. The minimum Gasteiger partial charge on any atom is -0.275 e. The third-order valence-corrected chi connectivity index (χ3v) is 4.41. The van der Waals surface area contributed by atoms with Gasteiger partial charge in [0.25, 0.3) is 0 Å². The van der Waals surface area contributed by atoms with Crippen molar-refractivity contribution in [3.63, 3.8) is 0 Å². The zero-order chi connectivity index (χ0) is 14.2. The Hall–Kier alpha value is -1.49. The van der Waals surface area contributed by atoms with Crippen LogP contribution in [-0.2, 0) is 12.0 Å². The van der Waals surface area contributed by atoms with E-state index in [-0.39, 0.29) is 11.1 Å². The molecule has 19 heavy (non-hydrogen) atoms. The van der Waals surface area contributed by atoms with Crippen LogP contribution in [0.2, 0.25) is 0 Å². The molecular formula is C14H19N3OS. The molecule has 5 heteroatoms. The zero-order valence-electron chi connectivity index (χ0n) is 12.0. The summed E-state index contributed by atoms with van der Waals surface area (Å²) in [7, 11) is 0. The first kappa shape index (κ1) is 13.9. The molecule has 0 aliphatic heterocycles. The maximum Gasteiger partial charge on any atom is 0.351 e. The highest BCUT2D eigenvalue weighted by atomic mass is 32.1. The van der Waals surface area contributed by atoms with Crippen LogP contribution in [0.5, 0.6) is 0 Å². The summed E-state index contributed by atoms with van der Waals surface area (Å²) in [6, 6.07) is 4.21. The number of hydrogen-bond donors (Lipinski definition) is 0. The fourth-order valence-corrected chi connectivity index (χ4v) is 2.92. The number of aromatic nitrogens is 3. The lowest BCUT2D eigenvalue weighted by atomic mass is 9.95. The van der Waals surface area contributed by atoms with E-state index in [9.17, 15) is 4.79 Å². The minimum absolute atomic E-state index is 0.146. The molecule has 0 atom stereocenters. The second-order valence-electron chi connectivity index (χ2n) is 5.70. The molecule has 0 aliphatic rings. The second kappa shape index (κ2) is 4.89. The van der Waals surface area contributed by atoms with E-state index in [1.165, 1.54) is 4.88 Å². The standard InChI is InChI=1S/C14H19N3OS/c1-9-15-10(2)17(13(18)16-9)8-11-6-7-12(19-11)14(3,4)5/h6-7H,8H2,1-5H3. The third kappa shape index (κ3) is 3.10. The van der Waals surface area contributed by atoms with E-state index in [1.807, 2.05) is 6.92 Å². The van der Waals surface area contributed by atoms with Crippen LogP contribution < -0.4 is 5.69 Å². The van der Waals surface area contributed by atoms with E-state index >= 15 is 0 Å². The van der Waals surface area contributed by atoms with Crippen molar-refractivity contribution in [2.24, 2.45) is 0 Å². The van der Waals surface area contributed by atoms with E-state index in [2.05, 4.69) is 42.9 Å². The maximum atomic E-state index is 11.9. The first-order valence-corrected chi connectivity index (χ1v) is 7.10. The molecule has 0 fully saturated rings. The summed E-state index contributed by atoms with van der Waals surface area (Å²) in [5.41, 5.74) is -0.0807. The van der Waals surface area contributed by atoms with E-state index in [1.54, 1.807) is 22.8 Å². The smallest absolute Gasteiger partial charge is 0.275 e. The molecule has 0 aliphatic carbocycles. The van der Waals surface area contributed by atoms with Crippen molar-refractivity contribution in [3.8, 4) is 0 Å². The predicted octanol–water partition coefficient (Wildman–Crippen LogP) is 2.66. The number of thiophene rings is 1. The van der Waals surface area contributed by atoms with Gasteiger partial charge >= 0.3 is 5.69 Å². The summed E-state index contributed by atoms with van der Waals surface area (Å²) in [4.78, 5) is 22.5. The topological polar surface area (TPSA) is 47.8 Å². The molecule has 0 aromatic carbocycles. The molecule has 2 aromatic rings. The molecule has 0 bridgehead atoms. The summed E-state index contributed by atoms with van der Waals surface area (Å²) >= 11 is 1.74. The average molecular weight is 277 g/mol. The van der Waals surface area contributed by atoms with E-state index in [0.717, 1.165) is 4.88 Å². The Morgan fingerprint density at radius 1 is 1.21 bits per heavy atom. The summed E-state index contributed by atoms with van der Waals surface area (Å²) in [5.74, 6) is 1.24. The van der Waals surface area contributed by atoms with Crippen molar-refractivity contribution in [2.45, 2.75) is 46.6 Å². The van der Waals surface area contributed by atoms with Crippen LogP contribution in [-0.4, -0.2) is 14.5 Å². The van der Waals surface area contributed by atoms with Crippen LogP contribution in [0.4, 0.5) is 0 Å². The van der Waals surface area contributed by atoms with Gasteiger partial charge in [0.1, 0.15) is 11.6 Å². The summed E-state index contributed by atoms with van der Waals surface area (Å²) in [5, 5.41) is 0. The number of nitrogens with zero attached hydrogens (tertiary/aromatic N) is 3. The molecule has 0 radical (unpaired) electrons. The Labute approximate surface area is 117 Å². The van der Waals surface area contributed by atoms with E-state index in [4.69, 9.17) is 0 Å². The number of hydrogen-bond acceptors (Lipinski definition) is 4. The van der Waals surface area contributed by atoms with Crippen LogP contribution in [0, 0.1) is 13.8 Å². The zero-order valence-corrected chi connectivity index (χ0v) is 12.8. The Bertz CT molecular complexity index is 649. The molecule has 0 saturated heterocycles. The molecule has 102 valence electrons. The monoisotopic (exact) mass is 277 g/mol.